The molecule has 2 fully saturated rings. The molecule has 1 saturated heterocycles. The largest absolute Gasteiger partial charge is 0.508 e. The van der Waals surface area contributed by atoms with Gasteiger partial charge < -0.3 is 5.11 Å². The lowest BCUT2D eigenvalue weighted by molar-refractivity contribution is -0.141. The van der Waals surface area contributed by atoms with Crippen molar-refractivity contribution in [3.05, 3.63) is 142 Å². The van der Waals surface area contributed by atoms with Crippen molar-refractivity contribution in [3.63, 3.8) is 0 Å². The number of thiophene rings is 1. The minimum Gasteiger partial charge on any atom is -0.508 e. The maximum absolute atomic E-state index is 15.0. The second-order valence-corrected chi connectivity index (χ2v) is 13.7. The third-order valence-corrected chi connectivity index (χ3v) is 11.5. The van der Waals surface area contributed by atoms with Crippen molar-refractivity contribution in [3.8, 4) is 5.75 Å². The number of aromatic hydroxyl groups is 1. The fraction of sp³-hybridized carbons (Fsp3) is 0.231. The van der Waals surface area contributed by atoms with E-state index in [1.54, 1.807) is 12.1 Å². The van der Waals surface area contributed by atoms with Crippen LogP contribution in [-0.4, -0.2) is 33.4 Å². The van der Waals surface area contributed by atoms with Crippen LogP contribution in [0.3, 0.4) is 0 Å². The van der Waals surface area contributed by atoms with Gasteiger partial charge in [0, 0.05) is 27.8 Å². The van der Waals surface area contributed by atoms with Gasteiger partial charge in [0.05, 0.1) is 23.8 Å². The summed E-state index contributed by atoms with van der Waals surface area (Å²) >= 11 is 1.50. The van der Waals surface area contributed by atoms with Crippen LogP contribution in [0, 0.1) is 23.7 Å². The highest BCUT2D eigenvalue weighted by Gasteiger charge is 2.66. The first-order valence-corrected chi connectivity index (χ1v) is 16.6. The van der Waals surface area contributed by atoms with Gasteiger partial charge in [0.15, 0.2) is 11.6 Å². The molecule has 6 nitrogen and oxygen atoms in total. The van der Waals surface area contributed by atoms with Crippen LogP contribution in [0.25, 0.3) is 5.57 Å². The zero-order chi connectivity index (χ0) is 31.6. The summed E-state index contributed by atoms with van der Waals surface area (Å²) in [6.45, 7) is 0.225. The Hall–Kier alpha value is -4.88. The number of rotatable bonds is 5. The molecule has 2 amide bonds. The SMILES string of the molecule is O=C1C(c2ccccc2)=CC(=O)C2(c3ccccc3)C1CC1C(=CCC3C(=O)N(Cc4cccs4)C(=O)C31)C2c1ccccc1O. The number of imide groups is 1. The van der Waals surface area contributed by atoms with Gasteiger partial charge in [0.1, 0.15) is 5.75 Å². The van der Waals surface area contributed by atoms with E-state index in [9.17, 15) is 24.3 Å². The van der Waals surface area contributed by atoms with Gasteiger partial charge in [-0.1, -0.05) is 96.6 Å². The van der Waals surface area contributed by atoms with E-state index in [-0.39, 0.29) is 42.1 Å². The van der Waals surface area contributed by atoms with Crippen LogP contribution in [0.15, 0.2) is 120 Å². The van der Waals surface area contributed by atoms with Crippen LogP contribution in [0.5, 0.6) is 5.75 Å². The van der Waals surface area contributed by atoms with Gasteiger partial charge in [-0.25, -0.2) is 0 Å². The van der Waals surface area contributed by atoms with Gasteiger partial charge >= 0.3 is 0 Å². The lowest BCUT2D eigenvalue weighted by Gasteiger charge is -2.55. The first-order valence-electron chi connectivity index (χ1n) is 15.7. The molecule has 0 bridgehead atoms. The van der Waals surface area contributed by atoms with Crippen molar-refractivity contribution in [2.45, 2.75) is 30.7 Å². The molecule has 228 valence electrons. The fourth-order valence-electron chi connectivity index (χ4n) is 8.73. The van der Waals surface area contributed by atoms with E-state index in [1.165, 1.54) is 22.3 Å². The van der Waals surface area contributed by atoms with Gasteiger partial charge in [-0.15, -0.1) is 11.3 Å². The van der Waals surface area contributed by atoms with Crippen molar-refractivity contribution in [1.29, 1.82) is 0 Å². The summed E-state index contributed by atoms with van der Waals surface area (Å²) in [5, 5.41) is 13.3. The number of carbonyl (C=O) groups is 4. The Kier molecular flexibility index (Phi) is 6.76. The zero-order valence-corrected chi connectivity index (χ0v) is 25.7. The number of amides is 2. The van der Waals surface area contributed by atoms with Crippen molar-refractivity contribution < 1.29 is 24.3 Å². The molecule has 46 heavy (non-hydrogen) atoms. The van der Waals surface area contributed by atoms with Crippen LogP contribution in [0.4, 0.5) is 0 Å². The Morgan fingerprint density at radius 1 is 0.804 bits per heavy atom. The highest BCUT2D eigenvalue weighted by molar-refractivity contribution is 7.09. The molecule has 2 heterocycles. The quantitative estimate of drug-likeness (QED) is 0.203. The Bertz CT molecular complexity index is 1950. The number of allylic oxidation sites excluding steroid dienone is 4. The van der Waals surface area contributed by atoms with Crippen molar-refractivity contribution >= 4 is 40.3 Å². The monoisotopic (exact) mass is 625 g/mol. The molecule has 6 unspecified atom stereocenters. The number of carbonyl (C=O) groups excluding carboxylic acids is 4. The Morgan fingerprint density at radius 2 is 1.52 bits per heavy atom. The first-order chi connectivity index (χ1) is 22.4. The second kappa shape index (κ2) is 10.9. The lowest BCUT2D eigenvalue weighted by Crippen LogP contribution is -2.58. The number of nitrogens with zero attached hydrogens (tertiary/aromatic N) is 1. The number of hydrogen-bond acceptors (Lipinski definition) is 6. The maximum Gasteiger partial charge on any atom is 0.234 e. The van der Waals surface area contributed by atoms with E-state index < -0.39 is 35.0 Å². The Morgan fingerprint density at radius 3 is 2.24 bits per heavy atom. The summed E-state index contributed by atoms with van der Waals surface area (Å²) in [7, 11) is 0. The Labute approximate surface area is 270 Å². The van der Waals surface area contributed by atoms with Gasteiger partial charge in [0.25, 0.3) is 0 Å². The average molecular weight is 626 g/mol. The van der Waals surface area contributed by atoms with Crippen molar-refractivity contribution in [2.24, 2.45) is 23.7 Å². The zero-order valence-electron chi connectivity index (χ0n) is 24.9. The summed E-state index contributed by atoms with van der Waals surface area (Å²) in [6, 6.07) is 29.4. The van der Waals surface area contributed by atoms with E-state index in [4.69, 9.17) is 0 Å². The third-order valence-electron chi connectivity index (χ3n) is 10.6. The highest BCUT2D eigenvalue weighted by Crippen LogP contribution is 2.64. The lowest BCUT2D eigenvalue weighted by atomic mass is 9.44. The fourth-order valence-corrected chi connectivity index (χ4v) is 9.42. The summed E-state index contributed by atoms with van der Waals surface area (Å²) in [5.41, 5.74) is 1.75. The molecule has 4 aliphatic rings. The van der Waals surface area contributed by atoms with Crippen molar-refractivity contribution in [2.75, 3.05) is 0 Å². The molecule has 1 aromatic heterocycles. The molecule has 8 rings (SSSR count). The number of ketones is 2. The number of hydrogen-bond donors (Lipinski definition) is 1. The molecule has 6 atom stereocenters. The summed E-state index contributed by atoms with van der Waals surface area (Å²) in [4.78, 5) is 60.2. The minimum atomic E-state index is -1.35. The van der Waals surface area contributed by atoms with Crippen LogP contribution in [0.2, 0.25) is 0 Å². The normalized spacial score (nSPS) is 28.7. The minimum absolute atomic E-state index is 0.0245. The maximum atomic E-state index is 15.0. The number of para-hydroxylation sites is 1. The van der Waals surface area contributed by atoms with Gasteiger partial charge in [-0.3, -0.25) is 24.1 Å². The first kappa shape index (κ1) is 28.6. The van der Waals surface area contributed by atoms with Crippen LogP contribution in [-0.2, 0) is 31.1 Å². The third kappa shape index (κ3) is 4.07. The van der Waals surface area contributed by atoms with E-state index in [0.29, 0.717) is 28.7 Å². The predicted octanol–water partition coefficient (Wildman–Crippen LogP) is 6.48. The van der Waals surface area contributed by atoms with Crippen LogP contribution in [0.1, 0.15) is 40.3 Å². The molecular weight excluding hydrogens is 594 g/mol. The Balaban J connectivity index is 1.35. The summed E-state index contributed by atoms with van der Waals surface area (Å²) < 4.78 is 0. The predicted molar refractivity (Wildman–Crippen MR) is 175 cm³/mol. The number of fused-ring (bicyclic) bond motifs is 4. The summed E-state index contributed by atoms with van der Waals surface area (Å²) in [6.07, 6.45) is 4.12. The molecule has 1 N–H and O–H groups in total. The van der Waals surface area contributed by atoms with E-state index in [2.05, 4.69) is 0 Å². The van der Waals surface area contributed by atoms with Crippen molar-refractivity contribution in [1.82, 2.24) is 4.90 Å². The smallest absolute Gasteiger partial charge is 0.234 e. The highest BCUT2D eigenvalue weighted by atomic mass is 32.1. The van der Waals surface area contributed by atoms with Gasteiger partial charge in [-0.05, 0) is 53.5 Å². The van der Waals surface area contributed by atoms with Gasteiger partial charge in [-0.2, -0.15) is 0 Å². The second-order valence-electron chi connectivity index (χ2n) is 12.7. The number of likely N-dealkylation sites (tertiary alicyclic amines) is 1. The topological polar surface area (TPSA) is 91.8 Å². The number of Topliss-reactive ketones (excluding diaryl/α,β-unsaturated/α-hetero) is 1. The molecule has 4 aromatic rings. The van der Waals surface area contributed by atoms with Gasteiger partial charge in [0.2, 0.25) is 11.8 Å². The molecule has 0 radical (unpaired) electrons. The van der Waals surface area contributed by atoms with Crippen LogP contribution < -0.4 is 0 Å². The van der Waals surface area contributed by atoms with E-state index in [0.717, 1.165) is 10.5 Å². The molecular formula is C39H31NO5S. The number of phenolic OH excluding ortho intramolecular Hbond substituents is 1. The van der Waals surface area contributed by atoms with Crippen LogP contribution >= 0.6 is 11.3 Å². The molecule has 1 saturated carbocycles. The number of phenols is 1. The molecule has 3 aromatic carbocycles. The molecule has 3 aliphatic carbocycles. The standard InChI is InChI=1S/C39H31NO5S/c41-32-16-8-7-15-27(32)35-26-17-18-28-34(38(45)40(37(28)44)22-25-14-9-19-46-25)30(26)20-31-36(43)29(23-10-3-1-4-11-23)21-33(42)39(31,35)24-12-5-2-6-13-24/h1-17,19,21,28,30-31,34-35,41H,18,20,22H2. The average Bonchev–Trinajstić information content (AvgIpc) is 3.69. The number of benzene rings is 3. The molecule has 0 spiro atoms. The molecule has 7 heteroatoms. The van der Waals surface area contributed by atoms with E-state index >= 15 is 0 Å². The summed E-state index contributed by atoms with van der Waals surface area (Å²) in [5.74, 6) is -3.95. The van der Waals surface area contributed by atoms with E-state index in [1.807, 2.05) is 96.4 Å². The molecule has 1 aliphatic heterocycles.